The molecule has 117 heavy (non-hydrogen) atoms. The van der Waals surface area contributed by atoms with Crippen LogP contribution in [0.5, 0.6) is 23.0 Å². The van der Waals surface area contributed by atoms with Crippen molar-refractivity contribution >= 4 is 26.4 Å². The maximum absolute atomic E-state index is 12.6. The first-order chi connectivity index (χ1) is 55.6. The number of carbonyl (C=O) groups excluding carboxylic acids is 1. The molecule has 0 heterocycles. The first-order valence-corrected chi connectivity index (χ1v) is 44.5. The van der Waals surface area contributed by atoms with E-state index in [9.17, 15) is 13.2 Å². The van der Waals surface area contributed by atoms with Gasteiger partial charge in [0.25, 0.3) is 0 Å². The van der Waals surface area contributed by atoms with Gasteiger partial charge in [-0.25, -0.2) is 8.42 Å². The molecule has 12 aromatic carbocycles. The molecule has 0 aliphatic rings. The van der Waals surface area contributed by atoms with Crippen molar-refractivity contribution in [2.24, 2.45) is 0 Å². The van der Waals surface area contributed by atoms with Gasteiger partial charge in [0.2, 0.25) is 9.84 Å². The lowest BCUT2D eigenvalue weighted by Gasteiger charge is -2.29. The van der Waals surface area contributed by atoms with Crippen LogP contribution in [0.15, 0.2) is 252 Å². The fourth-order valence-electron chi connectivity index (χ4n) is 11.0. The van der Waals surface area contributed by atoms with E-state index in [1.807, 2.05) is 225 Å². The number of aryl methyl sites for hydroxylation is 16. The molecule has 0 atom stereocenters. The van der Waals surface area contributed by atoms with Crippen LogP contribution in [-0.4, -0.2) is 14.2 Å². The lowest BCUT2D eigenvalue weighted by Crippen LogP contribution is -2.17. The van der Waals surface area contributed by atoms with Gasteiger partial charge in [0.1, 0.15) is 23.0 Å². The molecule has 6 heteroatoms. The van der Waals surface area contributed by atoms with Crippen molar-refractivity contribution in [3.8, 4) is 34.1 Å². The summed E-state index contributed by atoms with van der Waals surface area (Å²) in [6.07, 6.45) is 0. The van der Waals surface area contributed by atoms with E-state index in [1.54, 1.807) is 24.3 Å². The molecule has 0 saturated heterocycles. The second-order valence-corrected chi connectivity index (χ2v) is 31.0. The molecule has 12 aromatic rings. The molecule has 0 aliphatic heterocycles. The first kappa shape index (κ1) is 109. The molecule has 0 fully saturated rings. The molecule has 0 bridgehead atoms. The molecular weight excluding hydrogens is 1450 g/mol. The topological polar surface area (TPSA) is 69.7 Å². The van der Waals surface area contributed by atoms with Crippen LogP contribution in [0.1, 0.15) is 268 Å². The monoisotopic (exact) mass is 1600 g/mol. The zero-order valence-electron chi connectivity index (χ0n) is 80.0. The molecule has 0 amide bonds. The Labute approximate surface area is 716 Å². The van der Waals surface area contributed by atoms with Crippen molar-refractivity contribution in [2.45, 2.75) is 284 Å². The molecule has 0 N–H and O–H groups in total. The lowest BCUT2D eigenvalue weighted by atomic mass is 9.81. The van der Waals surface area contributed by atoms with E-state index in [0.717, 1.165) is 78.6 Å². The number of hydrogen-bond acceptors (Lipinski definition) is 5. The normalized spacial score (nSPS) is 9.90. The average molecular weight is 1600 g/mol. The summed E-state index contributed by atoms with van der Waals surface area (Å²) in [7, 11) is -3.42. The van der Waals surface area contributed by atoms with Crippen molar-refractivity contribution < 1.29 is 22.7 Å². The predicted octanol–water partition coefficient (Wildman–Crippen LogP) is 34.3. The first-order valence-electron chi connectivity index (χ1n) is 43.0. The minimum absolute atomic E-state index is 0.0983. The second kappa shape index (κ2) is 57.2. The van der Waals surface area contributed by atoms with E-state index >= 15 is 0 Å². The van der Waals surface area contributed by atoms with Crippen LogP contribution >= 0.6 is 0 Å². The summed E-state index contributed by atoms with van der Waals surface area (Å²) < 4.78 is 38.1. The van der Waals surface area contributed by atoms with E-state index in [-0.39, 0.29) is 16.6 Å². The van der Waals surface area contributed by atoms with Gasteiger partial charge in [-0.2, -0.15) is 0 Å². The van der Waals surface area contributed by atoms with Gasteiger partial charge in [0, 0.05) is 22.3 Å². The number of ether oxygens (including phenoxy) is 2. The Kier molecular flexibility index (Phi) is 53.4. The predicted molar refractivity (Wildman–Crippen MR) is 520 cm³/mol. The summed E-state index contributed by atoms with van der Waals surface area (Å²) in [5.74, 6) is 3.60. The van der Waals surface area contributed by atoms with Gasteiger partial charge in [0.05, 0.1) is 9.79 Å². The highest BCUT2D eigenvalue weighted by atomic mass is 32.2. The van der Waals surface area contributed by atoms with Crippen LogP contribution in [0, 0.1) is 111 Å². The summed E-state index contributed by atoms with van der Waals surface area (Å²) in [6.45, 7) is 78.4. The van der Waals surface area contributed by atoms with Gasteiger partial charge in [-0.3, -0.25) is 4.79 Å². The Bertz CT molecular complexity index is 4570. The van der Waals surface area contributed by atoms with Gasteiger partial charge in [-0.05, 0) is 305 Å². The van der Waals surface area contributed by atoms with Crippen LogP contribution in [0.25, 0.3) is 21.9 Å². The van der Waals surface area contributed by atoms with E-state index in [0.29, 0.717) is 9.79 Å². The maximum atomic E-state index is 12.6. The Balaban J connectivity index is 0. The molecular formula is C111H154O5S. The molecule has 5 nitrogen and oxygen atoms in total. The fourth-order valence-corrected chi connectivity index (χ4v) is 12.5. The largest absolute Gasteiger partial charge is 0.457 e. The minimum atomic E-state index is -3.42. The standard InChI is InChI=1S/C30H38O2.C17H18O.C16H18O2S.C12H10.C10H8.C10H14.8C2H6/c1-19-11-13-23(15-21(19)3)31-27-17-26(30(8,9)10)28(18-25(27)29(5,6)7)32-24-14-12-20(2)22(4)16-24;1-11-5-7-15(9-13(11)3)17(18)16-8-6-12(2)14(4)10-16;1-11-5-7-15(9-13(11)3)19(17,18)16-8-6-12(2)14(4)10-16;1-3-7-11(8-4-1)12-9-5-2-6-10-12;1-2-6-10-8-4-3-7-9(10)5-1;1-7-5-9(3)10(4)6-8(7)2;8*1-2/h11-18H,1-10H3;5-10H,1-4H3;5-10H,1-4H3;1-10H;1-8H;5-6H,1-4H3;8*1-2H3. The molecule has 12 rings (SSSR count). The van der Waals surface area contributed by atoms with Crippen LogP contribution < -0.4 is 9.47 Å². The molecule has 0 aromatic heterocycles. The highest BCUT2D eigenvalue weighted by Crippen LogP contribution is 2.44. The smallest absolute Gasteiger partial charge is 0.206 e. The Hall–Kier alpha value is -9.88. The van der Waals surface area contributed by atoms with Crippen molar-refractivity contribution in [3.63, 3.8) is 0 Å². The molecule has 0 aliphatic carbocycles. The number of benzene rings is 12. The van der Waals surface area contributed by atoms with Crippen molar-refractivity contribution in [1.29, 1.82) is 0 Å². The molecule has 0 unspecified atom stereocenters. The third kappa shape index (κ3) is 36.3. The summed E-state index contributed by atoms with van der Waals surface area (Å²) in [5.41, 5.74) is 25.6. The fraction of sp³-hybridized carbons (Fsp3) is 0.360. The maximum Gasteiger partial charge on any atom is 0.206 e. The highest BCUT2D eigenvalue weighted by molar-refractivity contribution is 7.91. The summed E-state index contributed by atoms with van der Waals surface area (Å²) in [6, 6.07) is 81.1. The SMILES string of the molecule is CC.CC.CC.CC.CC.CC.CC.CC.Cc1cc(C)c(C)cc1C.Cc1ccc(C(=O)c2ccc(C)c(C)c2)cc1C.Cc1ccc(Oc2cc(C(C)(C)C)c(Oc3ccc(C)c(C)c3)cc2C(C)(C)C)cc1C.Cc1ccc(S(=O)(=O)c2ccc(C)c(C)c2)cc1C.c1ccc(-c2ccccc2)cc1.c1ccc2ccccc2c1. The molecule has 634 valence electrons. The van der Waals surface area contributed by atoms with Gasteiger partial charge in [0.15, 0.2) is 5.78 Å². The number of hydrogen-bond donors (Lipinski definition) is 0. The van der Waals surface area contributed by atoms with E-state index in [1.165, 1.54) is 77.5 Å². The number of fused-ring (bicyclic) bond motifs is 1. The number of rotatable bonds is 9. The summed E-state index contributed by atoms with van der Waals surface area (Å²) in [5, 5.41) is 2.62. The number of carbonyl (C=O) groups is 1. The Morgan fingerprint density at radius 3 is 0.701 bits per heavy atom. The Morgan fingerprint density at radius 1 is 0.239 bits per heavy atom. The quantitative estimate of drug-likeness (QED) is 0.135. The van der Waals surface area contributed by atoms with Crippen molar-refractivity contribution in [1.82, 2.24) is 0 Å². The van der Waals surface area contributed by atoms with Gasteiger partial charge >= 0.3 is 0 Å². The van der Waals surface area contributed by atoms with Crippen LogP contribution in [0.3, 0.4) is 0 Å². The van der Waals surface area contributed by atoms with Crippen LogP contribution in [-0.2, 0) is 20.7 Å². The van der Waals surface area contributed by atoms with Crippen LogP contribution in [0.4, 0.5) is 0 Å². The van der Waals surface area contributed by atoms with E-state index < -0.39 is 9.84 Å². The molecule has 0 saturated carbocycles. The molecule has 0 radical (unpaired) electrons. The summed E-state index contributed by atoms with van der Waals surface area (Å²) in [4.78, 5) is 13.1. The van der Waals surface area contributed by atoms with Gasteiger partial charge < -0.3 is 9.47 Å². The Morgan fingerprint density at radius 2 is 0.462 bits per heavy atom. The van der Waals surface area contributed by atoms with E-state index in [4.69, 9.17) is 9.47 Å². The second-order valence-electron chi connectivity index (χ2n) is 29.1. The zero-order chi connectivity index (χ0) is 90.1. The zero-order valence-corrected chi connectivity index (χ0v) is 80.9. The molecule has 0 spiro atoms. The average Bonchev–Trinajstić information content (AvgIpc) is 0.772. The number of sulfone groups is 1. The van der Waals surface area contributed by atoms with Crippen LogP contribution in [0.2, 0.25) is 0 Å². The number of ketones is 1. The third-order valence-electron chi connectivity index (χ3n) is 18.9. The van der Waals surface area contributed by atoms with Crippen molar-refractivity contribution in [3.05, 3.63) is 354 Å². The van der Waals surface area contributed by atoms with Gasteiger partial charge in [-0.1, -0.05) is 322 Å². The highest BCUT2D eigenvalue weighted by Gasteiger charge is 2.28. The third-order valence-corrected chi connectivity index (χ3v) is 20.6. The lowest BCUT2D eigenvalue weighted by molar-refractivity contribution is 0.103. The van der Waals surface area contributed by atoms with Crippen molar-refractivity contribution in [2.75, 3.05) is 0 Å². The summed E-state index contributed by atoms with van der Waals surface area (Å²) >= 11 is 0. The minimum Gasteiger partial charge on any atom is -0.457 e. The van der Waals surface area contributed by atoms with Gasteiger partial charge in [-0.15, -0.1) is 0 Å². The van der Waals surface area contributed by atoms with E-state index in [2.05, 4.69) is 256 Å².